The minimum absolute atomic E-state index is 0.178. The Morgan fingerprint density at radius 2 is 2.00 bits per heavy atom. The zero-order chi connectivity index (χ0) is 16.8. The first-order valence-electron chi connectivity index (χ1n) is 7.64. The molecule has 3 aromatic rings. The number of amides is 1. The molecule has 0 aliphatic rings. The zero-order valence-electron chi connectivity index (χ0n) is 13.2. The molecule has 6 nitrogen and oxygen atoms in total. The van der Waals surface area contributed by atoms with Gasteiger partial charge in [-0.25, -0.2) is 0 Å². The lowest BCUT2D eigenvalue weighted by Gasteiger charge is -2.04. The maximum absolute atomic E-state index is 12.1. The Balaban J connectivity index is 1.60. The van der Waals surface area contributed by atoms with Crippen LogP contribution in [0.25, 0.3) is 11.4 Å². The monoisotopic (exact) mass is 323 g/mol. The van der Waals surface area contributed by atoms with Gasteiger partial charge in [-0.1, -0.05) is 23.4 Å². The first-order valence-corrected chi connectivity index (χ1v) is 7.64. The van der Waals surface area contributed by atoms with E-state index in [1.165, 1.54) is 0 Å². The number of aromatic nitrogens is 2. The summed E-state index contributed by atoms with van der Waals surface area (Å²) in [6.07, 6.45) is 1.92. The van der Waals surface area contributed by atoms with Gasteiger partial charge in [-0.15, -0.1) is 0 Å². The zero-order valence-corrected chi connectivity index (χ0v) is 13.2. The van der Waals surface area contributed by atoms with E-state index in [1.54, 1.807) is 12.3 Å². The number of hydrogen-bond acceptors (Lipinski definition) is 5. The van der Waals surface area contributed by atoms with Crippen molar-refractivity contribution in [3.63, 3.8) is 0 Å². The van der Waals surface area contributed by atoms with E-state index < -0.39 is 0 Å². The van der Waals surface area contributed by atoms with Crippen LogP contribution < -0.4 is 10.1 Å². The van der Waals surface area contributed by atoms with Gasteiger partial charge in [0.1, 0.15) is 11.4 Å². The predicted octanol–water partition coefficient (Wildman–Crippen LogP) is 3.32. The first kappa shape index (κ1) is 15.7. The second-order valence-electron chi connectivity index (χ2n) is 5.09. The normalized spacial score (nSPS) is 10.4. The van der Waals surface area contributed by atoms with Gasteiger partial charge in [0.05, 0.1) is 18.7 Å². The van der Waals surface area contributed by atoms with Crippen molar-refractivity contribution in [2.45, 2.75) is 13.3 Å². The minimum atomic E-state index is -0.178. The number of hydrogen-bond donors (Lipinski definition) is 1. The molecule has 24 heavy (non-hydrogen) atoms. The Morgan fingerprint density at radius 1 is 1.17 bits per heavy atom. The van der Waals surface area contributed by atoms with Crippen molar-refractivity contribution < 1.29 is 14.1 Å². The lowest BCUT2D eigenvalue weighted by molar-refractivity contribution is -0.115. The van der Waals surface area contributed by atoms with Crippen LogP contribution in [-0.2, 0) is 11.2 Å². The molecule has 1 aromatic carbocycles. The number of nitrogens with zero attached hydrogens (tertiary/aromatic N) is 2. The van der Waals surface area contributed by atoms with Gasteiger partial charge in [0.2, 0.25) is 11.8 Å². The molecule has 0 radical (unpaired) electrons. The molecule has 0 atom stereocenters. The Bertz CT molecular complexity index is 798. The molecule has 6 heteroatoms. The van der Waals surface area contributed by atoms with Crippen molar-refractivity contribution in [1.82, 2.24) is 10.1 Å². The maximum Gasteiger partial charge on any atom is 0.231 e. The molecule has 0 aliphatic heterocycles. The summed E-state index contributed by atoms with van der Waals surface area (Å²) in [6, 6.07) is 14.6. The van der Waals surface area contributed by atoms with Gasteiger partial charge in [-0.2, -0.15) is 0 Å². The SMILES string of the molecule is CCOc1ccc(CC(=O)Nc2cc(-c3ccccn3)no2)cc1. The van der Waals surface area contributed by atoms with E-state index in [2.05, 4.69) is 15.5 Å². The van der Waals surface area contributed by atoms with Gasteiger partial charge in [0.25, 0.3) is 0 Å². The third-order valence-corrected chi connectivity index (χ3v) is 3.30. The molecule has 0 saturated carbocycles. The van der Waals surface area contributed by atoms with Gasteiger partial charge in [-0.05, 0) is 36.8 Å². The number of rotatable bonds is 6. The Labute approximate surface area is 139 Å². The van der Waals surface area contributed by atoms with Crippen molar-refractivity contribution >= 4 is 11.8 Å². The molecule has 1 N–H and O–H groups in total. The second kappa shape index (κ2) is 7.41. The molecule has 0 spiro atoms. The molecule has 2 heterocycles. The summed E-state index contributed by atoms with van der Waals surface area (Å²) in [6.45, 7) is 2.54. The lowest BCUT2D eigenvalue weighted by Crippen LogP contribution is -2.13. The summed E-state index contributed by atoms with van der Waals surface area (Å²) < 4.78 is 10.5. The van der Waals surface area contributed by atoms with E-state index in [9.17, 15) is 4.79 Å². The summed E-state index contributed by atoms with van der Waals surface area (Å²) in [5.74, 6) is 0.909. The molecule has 0 saturated heterocycles. The van der Waals surface area contributed by atoms with Crippen molar-refractivity contribution in [3.05, 3.63) is 60.3 Å². The van der Waals surface area contributed by atoms with Crippen LogP contribution in [0.1, 0.15) is 12.5 Å². The average molecular weight is 323 g/mol. The first-order chi connectivity index (χ1) is 11.7. The van der Waals surface area contributed by atoms with Crippen molar-refractivity contribution in [3.8, 4) is 17.1 Å². The minimum Gasteiger partial charge on any atom is -0.494 e. The van der Waals surface area contributed by atoms with E-state index in [-0.39, 0.29) is 12.3 Å². The summed E-state index contributed by atoms with van der Waals surface area (Å²) in [7, 11) is 0. The quantitative estimate of drug-likeness (QED) is 0.753. The molecule has 0 aliphatic carbocycles. The molecule has 122 valence electrons. The van der Waals surface area contributed by atoms with Gasteiger partial charge in [0.15, 0.2) is 0 Å². The smallest absolute Gasteiger partial charge is 0.231 e. The van der Waals surface area contributed by atoms with Crippen LogP contribution in [0.5, 0.6) is 5.75 Å². The lowest BCUT2D eigenvalue weighted by atomic mass is 10.1. The van der Waals surface area contributed by atoms with Crippen LogP contribution >= 0.6 is 0 Å². The fourth-order valence-corrected chi connectivity index (χ4v) is 2.21. The number of carbonyl (C=O) groups excluding carboxylic acids is 1. The van der Waals surface area contributed by atoms with Gasteiger partial charge in [0, 0.05) is 12.3 Å². The number of pyridine rings is 1. The van der Waals surface area contributed by atoms with Crippen LogP contribution in [0.4, 0.5) is 5.88 Å². The van der Waals surface area contributed by atoms with E-state index >= 15 is 0 Å². The molecule has 0 unspecified atom stereocenters. The van der Waals surface area contributed by atoms with E-state index in [0.29, 0.717) is 23.9 Å². The fraction of sp³-hybridized carbons (Fsp3) is 0.167. The molecular weight excluding hydrogens is 306 g/mol. The topological polar surface area (TPSA) is 77.2 Å². The van der Waals surface area contributed by atoms with Crippen LogP contribution in [0, 0.1) is 0 Å². The van der Waals surface area contributed by atoms with E-state index in [4.69, 9.17) is 9.26 Å². The summed E-state index contributed by atoms with van der Waals surface area (Å²) in [5.41, 5.74) is 2.15. The number of ether oxygens (including phenoxy) is 1. The largest absolute Gasteiger partial charge is 0.494 e. The molecule has 2 aromatic heterocycles. The summed E-state index contributed by atoms with van der Waals surface area (Å²) in [5, 5.41) is 6.60. The highest BCUT2D eigenvalue weighted by molar-refractivity contribution is 5.91. The molecule has 3 rings (SSSR count). The Hall–Kier alpha value is -3.15. The standard InChI is InChI=1S/C18H17N3O3/c1-2-23-14-8-6-13(7-9-14)11-17(22)20-18-12-16(21-24-18)15-5-3-4-10-19-15/h3-10,12H,2,11H2,1H3,(H,20,22). The predicted molar refractivity (Wildman–Crippen MR) is 89.7 cm³/mol. The maximum atomic E-state index is 12.1. The van der Waals surface area contributed by atoms with Crippen molar-refractivity contribution in [2.24, 2.45) is 0 Å². The van der Waals surface area contributed by atoms with Gasteiger partial charge < -0.3 is 9.26 Å². The molecule has 0 bridgehead atoms. The summed E-state index contributed by atoms with van der Waals surface area (Å²) in [4.78, 5) is 16.3. The van der Waals surface area contributed by atoms with Gasteiger partial charge in [-0.3, -0.25) is 15.1 Å². The van der Waals surface area contributed by atoms with Crippen LogP contribution in [0.2, 0.25) is 0 Å². The van der Waals surface area contributed by atoms with Crippen molar-refractivity contribution in [1.29, 1.82) is 0 Å². The number of anilines is 1. The molecular formula is C18H17N3O3. The number of nitrogens with one attached hydrogen (secondary N) is 1. The Kier molecular flexibility index (Phi) is 4.86. The van der Waals surface area contributed by atoms with Crippen molar-refractivity contribution in [2.75, 3.05) is 11.9 Å². The molecule has 1 amide bonds. The van der Waals surface area contributed by atoms with Crippen LogP contribution in [-0.4, -0.2) is 22.7 Å². The third kappa shape index (κ3) is 3.98. The van der Waals surface area contributed by atoms with Crippen LogP contribution in [0.15, 0.2) is 59.3 Å². The highest BCUT2D eigenvalue weighted by Gasteiger charge is 2.11. The average Bonchev–Trinajstić information content (AvgIpc) is 3.06. The van der Waals surface area contributed by atoms with Crippen LogP contribution in [0.3, 0.4) is 0 Å². The number of benzene rings is 1. The Morgan fingerprint density at radius 3 is 2.71 bits per heavy atom. The van der Waals surface area contributed by atoms with Gasteiger partial charge >= 0.3 is 0 Å². The molecule has 0 fully saturated rings. The fourth-order valence-electron chi connectivity index (χ4n) is 2.21. The highest BCUT2D eigenvalue weighted by atomic mass is 16.5. The summed E-state index contributed by atoms with van der Waals surface area (Å²) >= 11 is 0. The second-order valence-corrected chi connectivity index (χ2v) is 5.09. The van der Waals surface area contributed by atoms with E-state index in [1.807, 2.05) is 49.4 Å². The highest BCUT2D eigenvalue weighted by Crippen LogP contribution is 2.19. The number of carbonyl (C=O) groups is 1. The third-order valence-electron chi connectivity index (χ3n) is 3.30. The van der Waals surface area contributed by atoms with E-state index in [0.717, 1.165) is 11.3 Å².